The van der Waals surface area contributed by atoms with Gasteiger partial charge in [0, 0.05) is 43.5 Å². The second-order valence-corrected chi connectivity index (χ2v) is 6.03. The summed E-state index contributed by atoms with van der Waals surface area (Å²) >= 11 is 0. The van der Waals surface area contributed by atoms with Crippen LogP contribution in [0.4, 0.5) is 5.69 Å². The topological polar surface area (TPSA) is 67.2 Å². The number of hydrogen-bond acceptors (Lipinski definition) is 3. The molecule has 2 rings (SSSR count). The smallest absolute Gasteiger partial charge is 0.251 e. The van der Waals surface area contributed by atoms with Crippen LogP contribution in [0.5, 0.6) is 0 Å². The lowest BCUT2D eigenvalue weighted by Crippen LogP contribution is -2.26. The van der Waals surface area contributed by atoms with E-state index in [-0.39, 0.29) is 11.8 Å². The van der Waals surface area contributed by atoms with Crippen molar-refractivity contribution in [1.29, 1.82) is 0 Å². The highest BCUT2D eigenvalue weighted by atomic mass is 16.2. The number of anilines is 1. The first-order valence-electron chi connectivity index (χ1n) is 8.24. The van der Waals surface area contributed by atoms with E-state index in [4.69, 9.17) is 0 Å². The van der Waals surface area contributed by atoms with Gasteiger partial charge in [0.25, 0.3) is 5.91 Å². The molecule has 0 aliphatic rings. The molecular formula is C19H24N4O2. The summed E-state index contributed by atoms with van der Waals surface area (Å²) in [5, 5.41) is 7.34. The monoisotopic (exact) mass is 340 g/mol. The molecule has 6 nitrogen and oxygen atoms in total. The fraction of sp³-hybridized carbons (Fsp3) is 0.316. The Morgan fingerprint density at radius 1 is 1.28 bits per heavy atom. The third-order valence-corrected chi connectivity index (χ3v) is 3.88. The fourth-order valence-electron chi connectivity index (χ4n) is 2.31. The molecule has 1 N–H and O–H groups in total. The number of rotatable bonds is 7. The number of carbonyl (C=O) groups is 2. The molecule has 2 amide bonds. The molecule has 1 aromatic carbocycles. The Bertz CT molecular complexity index is 747. The van der Waals surface area contributed by atoms with E-state index in [0.29, 0.717) is 30.3 Å². The summed E-state index contributed by atoms with van der Waals surface area (Å²) in [6.45, 7) is 8.12. The van der Waals surface area contributed by atoms with Crippen molar-refractivity contribution in [1.82, 2.24) is 15.1 Å². The second kappa shape index (κ2) is 8.28. The molecule has 6 heteroatoms. The molecule has 0 fully saturated rings. The van der Waals surface area contributed by atoms with E-state index in [9.17, 15) is 9.59 Å². The maximum absolute atomic E-state index is 12.2. The first-order valence-corrected chi connectivity index (χ1v) is 8.24. The Labute approximate surface area is 148 Å². The number of carbonyl (C=O) groups excluding carboxylic acids is 2. The van der Waals surface area contributed by atoms with E-state index in [2.05, 4.69) is 30.8 Å². The Morgan fingerprint density at radius 3 is 2.52 bits per heavy atom. The zero-order valence-corrected chi connectivity index (χ0v) is 14.9. The normalized spacial score (nSPS) is 10.6. The summed E-state index contributed by atoms with van der Waals surface area (Å²) in [7, 11) is 1.66. The highest BCUT2D eigenvalue weighted by Gasteiger charge is 2.10. The van der Waals surface area contributed by atoms with Gasteiger partial charge in [-0.2, -0.15) is 5.10 Å². The van der Waals surface area contributed by atoms with Crippen LogP contribution in [-0.4, -0.2) is 35.2 Å². The fourth-order valence-corrected chi connectivity index (χ4v) is 2.31. The largest absolute Gasteiger partial charge is 0.352 e. The van der Waals surface area contributed by atoms with Crippen LogP contribution in [0.15, 0.2) is 49.2 Å². The second-order valence-electron chi connectivity index (χ2n) is 6.03. The molecule has 0 unspecified atom stereocenters. The quantitative estimate of drug-likeness (QED) is 0.788. The van der Waals surface area contributed by atoms with Crippen molar-refractivity contribution < 1.29 is 9.59 Å². The Balaban J connectivity index is 1.88. The van der Waals surface area contributed by atoms with Gasteiger partial charge >= 0.3 is 0 Å². The minimum absolute atomic E-state index is 0.146. The van der Waals surface area contributed by atoms with Gasteiger partial charge in [0.2, 0.25) is 5.91 Å². The van der Waals surface area contributed by atoms with E-state index in [1.54, 1.807) is 31.3 Å². The van der Waals surface area contributed by atoms with E-state index < -0.39 is 0 Å². The SMILES string of the molecule is C=CC(=O)N(C)c1ccc(C(=O)NCCc2ccn(C(C)C)n2)cc1. The van der Waals surface area contributed by atoms with Crippen LogP contribution >= 0.6 is 0 Å². The number of likely N-dealkylation sites (N-methyl/N-ethyl adjacent to an activating group) is 1. The number of benzene rings is 1. The minimum Gasteiger partial charge on any atom is -0.352 e. The average Bonchev–Trinajstić information content (AvgIpc) is 3.09. The molecule has 25 heavy (non-hydrogen) atoms. The van der Waals surface area contributed by atoms with Crippen LogP contribution in [0.3, 0.4) is 0 Å². The highest BCUT2D eigenvalue weighted by Crippen LogP contribution is 2.14. The lowest BCUT2D eigenvalue weighted by molar-refractivity contribution is -0.113. The first kappa shape index (κ1) is 18.4. The van der Waals surface area contributed by atoms with Crippen LogP contribution < -0.4 is 10.2 Å². The van der Waals surface area contributed by atoms with E-state index in [1.807, 2.05) is 16.9 Å². The van der Waals surface area contributed by atoms with Crippen molar-refractivity contribution in [3.05, 3.63) is 60.4 Å². The van der Waals surface area contributed by atoms with Crippen LogP contribution in [0.25, 0.3) is 0 Å². The third-order valence-electron chi connectivity index (χ3n) is 3.88. The van der Waals surface area contributed by atoms with Gasteiger partial charge in [-0.05, 0) is 50.3 Å². The van der Waals surface area contributed by atoms with Crippen LogP contribution in [0.1, 0.15) is 35.9 Å². The van der Waals surface area contributed by atoms with Crippen molar-refractivity contribution in [3.8, 4) is 0 Å². The molecule has 0 atom stereocenters. The van der Waals surface area contributed by atoms with Gasteiger partial charge in [-0.1, -0.05) is 6.58 Å². The standard InChI is InChI=1S/C19H24N4O2/c1-5-18(24)22(4)17-8-6-15(7-9-17)19(25)20-12-10-16-11-13-23(21-16)14(2)3/h5-9,11,13-14H,1,10,12H2,2-4H3,(H,20,25). The summed E-state index contributed by atoms with van der Waals surface area (Å²) in [5.74, 6) is -0.342. The molecule has 1 heterocycles. The van der Waals surface area contributed by atoms with Gasteiger partial charge in [0.1, 0.15) is 0 Å². The molecule has 0 aliphatic carbocycles. The first-order chi connectivity index (χ1) is 11.9. The van der Waals surface area contributed by atoms with Gasteiger partial charge < -0.3 is 10.2 Å². The molecule has 0 aliphatic heterocycles. The van der Waals surface area contributed by atoms with Gasteiger partial charge in [0.15, 0.2) is 0 Å². The van der Waals surface area contributed by atoms with Crippen LogP contribution in [0, 0.1) is 0 Å². The van der Waals surface area contributed by atoms with E-state index in [0.717, 1.165) is 5.69 Å². The lowest BCUT2D eigenvalue weighted by atomic mass is 10.2. The predicted octanol–water partition coefficient (Wildman–Crippen LogP) is 2.59. The maximum atomic E-state index is 12.2. The molecule has 0 spiro atoms. The summed E-state index contributed by atoms with van der Waals surface area (Å²) in [6.07, 6.45) is 3.88. The minimum atomic E-state index is -0.196. The molecular weight excluding hydrogens is 316 g/mol. The Morgan fingerprint density at radius 2 is 1.96 bits per heavy atom. The Kier molecular flexibility index (Phi) is 6.11. The molecule has 0 saturated carbocycles. The predicted molar refractivity (Wildman–Crippen MR) is 98.7 cm³/mol. The third kappa shape index (κ3) is 4.79. The van der Waals surface area contributed by atoms with Crippen LogP contribution in [-0.2, 0) is 11.2 Å². The van der Waals surface area contributed by atoms with Crippen molar-refractivity contribution >= 4 is 17.5 Å². The maximum Gasteiger partial charge on any atom is 0.251 e. The molecule has 1 aromatic heterocycles. The van der Waals surface area contributed by atoms with Crippen molar-refractivity contribution in [3.63, 3.8) is 0 Å². The van der Waals surface area contributed by atoms with Gasteiger partial charge in [-0.25, -0.2) is 0 Å². The van der Waals surface area contributed by atoms with E-state index >= 15 is 0 Å². The molecule has 0 bridgehead atoms. The lowest BCUT2D eigenvalue weighted by Gasteiger charge is -2.15. The summed E-state index contributed by atoms with van der Waals surface area (Å²) < 4.78 is 1.90. The number of nitrogens with zero attached hydrogens (tertiary/aromatic N) is 3. The highest BCUT2D eigenvalue weighted by molar-refractivity contribution is 6.01. The number of amides is 2. The van der Waals surface area contributed by atoms with Gasteiger partial charge in [0.05, 0.1) is 5.69 Å². The van der Waals surface area contributed by atoms with Crippen molar-refractivity contribution in [2.75, 3.05) is 18.5 Å². The van der Waals surface area contributed by atoms with Crippen LogP contribution in [0.2, 0.25) is 0 Å². The van der Waals surface area contributed by atoms with Crippen molar-refractivity contribution in [2.45, 2.75) is 26.3 Å². The summed E-state index contributed by atoms with van der Waals surface area (Å²) in [5.41, 5.74) is 2.21. The Hall–Kier alpha value is -2.89. The van der Waals surface area contributed by atoms with Gasteiger partial charge in [-0.3, -0.25) is 14.3 Å². The molecule has 132 valence electrons. The summed E-state index contributed by atoms with van der Waals surface area (Å²) in [6, 6.07) is 9.16. The van der Waals surface area contributed by atoms with Gasteiger partial charge in [-0.15, -0.1) is 0 Å². The average molecular weight is 340 g/mol. The summed E-state index contributed by atoms with van der Waals surface area (Å²) in [4.78, 5) is 25.2. The number of hydrogen-bond donors (Lipinski definition) is 1. The molecule has 2 aromatic rings. The number of nitrogens with one attached hydrogen (secondary N) is 1. The zero-order chi connectivity index (χ0) is 18.4. The zero-order valence-electron chi connectivity index (χ0n) is 14.9. The van der Waals surface area contributed by atoms with E-state index in [1.165, 1.54) is 11.0 Å². The number of aromatic nitrogens is 2. The van der Waals surface area contributed by atoms with Crippen molar-refractivity contribution in [2.24, 2.45) is 0 Å². The molecule has 0 saturated heterocycles. The molecule has 0 radical (unpaired) electrons.